The van der Waals surface area contributed by atoms with E-state index in [0.29, 0.717) is 0 Å². The summed E-state index contributed by atoms with van der Waals surface area (Å²) in [6.45, 7) is 5.00. The number of hydrogen-bond acceptors (Lipinski definition) is 2. The lowest BCUT2D eigenvalue weighted by Crippen LogP contribution is -2.60. The Bertz CT molecular complexity index is 846. The van der Waals surface area contributed by atoms with Gasteiger partial charge in [-0.1, -0.05) is 36.4 Å². The van der Waals surface area contributed by atoms with E-state index >= 15 is 0 Å². The average molecular weight is 330 g/mol. The summed E-state index contributed by atoms with van der Waals surface area (Å²) in [4.78, 5) is 2.75. The second-order valence-corrected chi connectivity index (χ2v) is 9.02. The smallest absolute Gasteiger partial charge is 0.112 e. The molecule has 2 nitrogen and oxygen atoms in total. The van der Waals surface area contributed by atoms with E-state index in [1.54, 1.807) is 0 Å². The van der Waals surface area contributed by atoms with Gasteiger partial charge in [-0.15, -0.1) is 0 Å². The zero-order valence-electron chi connectivity index (χ0n) is 15.1. The fourth-order valence-corrected chi connectivity index (χ4v) is 7.55. The first kappa shape index (κ1) is 14.2. The maximum atomic E-state index is 4.02. The highest BCUT2D eigenvalue weighted by atomic mass is 15.4. The maximum absolute atomic E-state index is 4.02. The molecule has 6 rings (SSSR count). The average Bonchev–Trinajstić information content (AvgIpc) is 3.27. The van der Waals surface area contributed by atoms with E-state index in [1.165, 1.54) is 36.2 Å². The normalized spacial score (nSPS) is 42.9. The van der Waals surface area contributed by atoms with Crippen LogP contribution in [-0.2, 0) is 5.54 Å². The van der Waals surface area contributed by atoms with Crippen LogP contribution in [0.15, 0.2) is 54.6 Å². The molecule has 0 amide bonds. The van der Waals surface area contributed by atoms with E-state index in [1.807, 2.05) is 0 Å². The molecule has 0 spiro atoms. The molecule has 2 unspecified atom stereocenters. The Morgan fingerprint density at radius 1 is 0.880 bits per heavy atom. The van der Waals surface area contributed by atoms with Gasteiger partial charge in [-0.25, -0.2) is 0 Å². The number of rotatable bonds is 1. The quantitative estimate of drug-likeness (QED) is 0.770. The van der Waals surface area contributed by atoms with Crippen molar-refractivity contribution in [2.24, 2.45) is 23.7 Å². The van der Waals surface area contributed by atoms with Crippen LogP contribution in [0.25, 0.3) is 0 Å². The van der Waals surface area contributed by atoms with Gasteiger partial charge >= 0.3 is 0 Å². The molecular formula is C23H26N2. The van der Waals surface area contributed by atoms with Gasteiger partial charge < -0.3 is 10.2 Å². The number of fused-ring (bicyclic) bond motifs is 11. The summed E-state index contributed by atoms with van der Waals surface area (Å²) >= 11 is 0. The minimum absolute atomic E-state index is 0.00889. The zero-order valence-corrected chi connectivity index (χ0v) is 15.1. The Morgan fingerprint density at radius 2 is 1.56 bits per heavy atom. The van der Waals surface area contributed by atoms with E-state index in [-0.39, 0.29) is 11.2 Å². The van der Waals surface area contributed by atoms with Crippen LogP contribution in [0.3, 0.4) is 0 Å². The van der Waals surface area contributed by atoms with Gasteiger partial charge in [-0.3, -0.25) is 0 Å². The second-order valence-electron chi connectivity index (χ2n) is 9.02. The minimum Gasteiger partial charge on any atom is -0.362 e. The van der Waals surface area contributed by atoms with Gasteiger partial charge in [0, 0.05) is 22.9 Å². The Kier molecular flexibility index (Phi) is 2.51. The molecule has 4 aliphatic rings. The number of nitrogens with one attached hydrogen (secondary N) is 1. The molecule has 2 aliphatic carbocycles. The number of anilines is 2. The Hall–Kier alpha value is -1.96. The molecule has 2 heteroatoms. The molecular weight excluding hydrogens is 304 g/mol. The van der Waals surface area contributed by atoms with E-state index in [4.69, 9.17) is 0 Å². The third-order valence-corrected chi connectivity index (χ3v) is 8.02. The fourth-order valence-electron chi connectivity index (χ4n) is 7.55. The van der Waals surface area contributed by atoms with Crippen molar-refractivity contribution in [2.45, 2.75) is 44.3 Å². The van der Waals surface area contributed by atoms with Crippen LogP contribution in [0.2, 0.25) is 0 Å². The van der Waals surface area contributed by atoms with Gasteiger partial charge in [0.1, 0.15) is 5.66 Å². The van der Waals surface area contributed by atoms with Crippen molar-refractivity contribution in [3.63, 3.8) is 0 Å². The fraction of sp³-hybridized carbons (Fsp3) is 0.478. The minimum atomic E-state index is 0.00889. The third kappa shape index (κ3) is 1.49. The molecule has 2 aromatic rings. The number of hydrogen-bond donors (Lipinski definition) is 1. The van der Waals surface area contributed by atoms with Crippen molar-refractivity contribution in [1.29, 1.82) is 0 Å². The van der Waals surface area contributed by atoms with Crippen LogP contribution in [0, 0.1) is 23.7 Å². The molecule has 2 aliphatic heterocycles. The summed E-state index contributed by atoms with van der Waals surface area (Å²) in [7, 11) is 0. The Morgan fingerprint density at radius 3 is 2.36 bits per heavy atom. The van der Waals surface area contributed by atoms with Crippen molar-refractivity contribution in [3.8, 4) is 0 Å². The first-order valence-electron chi connectivity index (χ1n) is 9.87. The molecule has 2 aromatic carbocycles. The highest BCUT2D eigenvalue weighted by Gasteiger charge is 2.72. The Labute approximate surface area is 150 Å². The van der Waals surface area contributed by atoms with Gasteiger partial charge in [0.05, 0.1) is 5.54 Å². The molecule has 1 N–H and O–H groups in total. The first-order chi connectivity index (χ1) is 12.1. The highest BCUT2D eigenvalue weighted by molar-refractivity contribution is 5.71. The molecule has 4 bridgehead atoms. The summed E-state index contributed by atoms with van der Waals surface area (Å²) in [5.41, 5.74) is 4.31. The lowest BCUT2D eigenvalue weighted by atomic mass is 9.69. The Balaban J connectivity index is 1.66. The first-order valence-corrected chi connectivity index (χ1v) is 9.87. The van der Waals surface area contributed by atoms with E-state index in [2.05, 4.69) is 78.7 Å². The predicted molar refractivity (Wildman–Crippen MR) is 103 cm³/mol. The van der Waals surface area contributed by atoms with Crippen LogP contribution >= 0.6 is 0 Å². The van der Waals surface area contributed by atoms with Crippen LogP contribution in [0.4, 0.5) is 11.4 Å². The lowest BCUT2D eigenvalue weighted by Gasteiger charge is -2.53. The molecule has 6 atom stereocenters. The predicted octanol–water partition coefficient (Wildman–Crippen LogP) is 5.23. The molecule has 2 saturated carbocycles. The van der Waals surface area contributed by atoms with Crippen molar-refractivity contribution in [2.75, 3.05) is 10.2 Å². The van der Waals surface area contributed by atoms with Gasteiger partial charge in [0.2, 0.25) is 0 Å². The molecule has 128 valence electrons. The summed E-state index contributed by atoms with van der Waals surface area (Å²) in [6.07, 6.45) is 4.31. The third-order valence-electron chi connectivity index (χ3n) is 8.02. The van der Waals surface area contributed by atoms with Gasteiger partial charge in [-0.05, 0) is 69.1 Å². The van der Waals surface area contributed by atoms with E-state index < -0.39 is 0 Å². The zero-order chi connectivity index (χ0) is 16.8. The molecule has 25 heavy (non-hydrogen) atoms. The van der Waals surface area contributed by atoms with Crippen molar-refractivity contribution in [3.05, 3.63) is 60.2 Å². The summed E-state index contributed by atoms with van der Waals surface area (Å²) in [5.74, 6) is 3.27. The van der Waals surface area contributed by atoms with Crippen LogP contribution in [0.5, 0.6) is 0 Å². The maximum Gasteiger partial charge on any atom is 0.112 e. The number of benzene rings is 2. The summed E-state index contributed by atoms with van der Waals surface area (Å²) in [5, 5.41) is 4.02. The summed E-state index contributed by atoms with van der Waals surface area (Å²) < 4.78 is 0. The second kappa shape index (κ2) is 4.41. The molecule has 0 aromatic heterocycles. The highest BCUT2D eigenvalue weighted by Crippen LogP contribution is 2.71. The SMILES string of the molecule is C[C@]12c3ccccc3N[C@](C)(C3C1[C@H]1CC[C@@H]3C1)N2c1ccccc1. The van der Waals surface area contributed by atoms with Crippen molar-refractivity contribution < 1.29 is 0 Å². The molecule has 2 heterocycles. The monoisotopic (exact) mass is 330 g/mol. The van der Waals surface area contributed by atoms with E-state index in [9.17, 15) is 0 Å². The van der Waals surface area contributed by atoms with E-state index in [0.717, 1.165) is 23.7 Å². The summed E-state index contributed by atoms with van der Waals surface area (Å²) in [6, 6.07) is 20.2. The van der Waals surface area contributed by atoms with Gasteiger partial charge in [-0.2, -0.15) is 0 Å². The van der Waals surface area contributed by atoms with Crippen LogP contribution in [0.1, 0.15) is 38.7 Å². The molecule has 1 saturated heterocycles. The largest absolute Gasteiger partial charge is 0.362 e. The number of para-hydroxylation sites is 2. The van der Waals surface area contributed by atoms with Crippen molar-refractivity contribution in [1.82, 2.24) is 0 Å². The topological polar surface area (TPSA) is 15.3 Å². The standard InChI is InChI=1S/C23H26N2/c1-22-18-10-6-7-11-19(18)24-23(2,25(22)17-8-4-3-5-9-17)21-16-13-12-15(14-16)20(21)22/h3-11,15-16,20-21,24H,12-14H2,1-2H3/t15-,16+,20?,21?,22-,23-/m0/s1. The van der Waals surface area contributed by atoms with Gasteiger partial charge in [0.15, 0.2) is 0 Å². The molecule has 0 radical (unpaired) electrons. The lowest BCUT2D eigenvalue weighted by molar-refractivity contribution is 0.179. The number of nitrogens with zero attached hydrogens (tertiary/aromatic N) is 1. The van der Waals surface area contributed by atoms with Gasteiger partial charge in [0.25, 0.3) is 0 Å². The van der Waals surface area contributed by atoms with Crippen LogP contribution in [-0.4, -0.2) is 5.66 Å². The van der Waals surface area contributed by atoms with Crippen LogP contribution < -0.4 is 10.2 Å². The van der Waals surface area contributed by atoms with Crippen molar-refractivity contribution >= 4 is 11.4 Å². The molecule has 3 fully saturated rings.